The van der Waals surface area contributed by atoms with E-state index >= 15 is 0 Å². The molecule has 0 atom stereocenters. The van der Waals surface area contributed by atoms with E-state index in [9.17, 15) is 0 Å². The van der Waals surface area contributed by atoms with Crippen LogP contribution in [0.5, 0.6) is 5.75 Å². The Morgan fingerprint density at radius 2 is 1.60 bits per heavy atom. The van der Waals surface area contributed by atoms with Gasteiger partial charge < -0.3 is 8.85 Å². The van der Waals surface area contributed by atoms with E-state index in [4.69, 9.17) is 43.7 Å². The molecule has 1 aromatic rings. The van der Waals surface area contributed by atoms with Crippen molar-refractivity contribution in [2.24, 2.45) is 0 Å². The molecule has 0 N–H and O–H groups in total. The first-order valence-electron chi connectivity index (χ1n) is 6.83. The first kappa shape index (κ1) is 18.1. The summed E-state index contributed by atoms with van der Waals surface area (Å²) in [7, 11) is -2.23. The van der Waals surface area contributed by atoms with Crippen LogP contribution in [0.25, 0.3) is 0 Å². The fourth-order valence-electron chi connectivity index (χ4n) is 1.75. The van der Waals surface area contributed by atoms with Crippen molar-refractivity contribution >= 4 is 43.4 Å². The van der Waals surface area contributed by atoms with Gasteiger partial charge in [0.05, 0.1) is 15.1 Å². The Kier molecular flexibility index (Phi) is 7.70. The summed E-state index contributed by atoms with van der Waals surface area (Å²) in [6.45, 7) is 6.93. The van der Waals surface area contributed by atoms with E-state index in [1.807, 2.05) is 13.1 Å². The van der Waals surface area contributed by atoms with Crippen LogP contribution in [0.1, 0.15) is 32.6 Å². The normalized spacial score (nSPS) is 11.7. The van der Waals surface area contributed by atoms with Crippen molar-refractivity contribution in [1.29, 1.82) is 0 Å². The summed E-state index contributed by atoms with van der Waals surface area (Å²) in [4.78, 5) is 0. The lowest BCUT2D eigenvalue weighted by atomic mass is 10.2. The summed E-state index contributed by atoms with van der Waals surface area (Å²) >= 11 is 17.9. The molecule has 0 fully saturated rings. The minimum Gasteiger partial charge on any atom is -0.520 e. The third-order valence-electron chi connectivity index (χ3n) is 2.77. The Morgan fingerprint density at radius 1 is 1.00 bits per heavy atom. The van der Waals surface area contributed by atoms with Gasteiger partial charge in [-0.25, -0.2) is 0 Å². The summed E-state index contributed by atoms with van der Waals surface area (Å²) in [6.07, 6.45) is 4.73. The Balaban J connectivity index is 2.53. The fraction of sp³-hybridized carbons (Fsp3) is 0.571. The molecule has 2 nitrogen and oxygen atoms in total. The molecule has 1 rings (SSSR count). The average molecular weight is 356 g/mol. The molecule has 0 saturated carbocycles. The van der Waals surface area contributed by atoms with E-state index in [2.05, 4.69) is 6.92 Å². The number of unbranched alkanes of at least 4 members (excludes halogenated alkanes) is 3. The highest BCUT2D eigenvalue weighted by molar-refractivity contribution is 6.65. The summed E-state index contributed by atoms with van der Waals surface area (Å²) in [5, 5.41) is 1.13. The van der Waals surface area contributed by atoms with Gasteiger partial charge in [-0.3, -0.25) is 0 Å². The van der Waals surface area contributed by atoms with Gasteiger partial charge in [0.15, 0.2) is 0 Å². The van der Waals surface area contributed by atoms with E-state index < -0.39 is 8.56 Å². The molecule has 0 unspecified atom stereocenters. The maximum Gasteiger partial charge on any atom is 0.392 e. The summed E-state index contributed by atoms with van der Waals surface area (Å²) in [5.41, 5.74) is 0. The lowest BCUT2D eigenvalue weighted by Crippen LogP contribution is -2.38. The predicted octanol–water partition coefficient (Wildman–Crippen LogP) is 6.32. The minimum atomic E-state index is -2.23. The Bertz CT molecular complexity index is 415. The van der Waals surface area contributed by atoms with Gasteiger partial charge >= 0.3 is 8.56 Å². The smallest absolute Gasteiger partial charge is 0.392 e. The summed E-state index contributed by atoms with van der Waals surface area (Å²) in [6, 6.07) is 3.34. The molecule has 114 valence electrons. The molecular formula is C14H21Cl3O2Si. The monoisotopic (exact) mass is 354 g/mol. The Hall–Kier alpha value is 0.0669. The lowest BCUT2D eigenvalue weighted by molar-refractivity contribution is 0.241. The Morgan fingerprint density at radius 3 is 2.15 bits per heavy atom. The first-order chi connectivity index (χ1) is 9.35. The van der Waals surface area contributed by atoms with Crippen molar-refractivity contribution in [2.75, 3.05) is 6.61 Å². The zero-order valence-electron chi connectivity index (χ0n) is 12.1. The van der Waals surface area contributed by atoms with Crippen LogP contribution in [-0.4, -0.2) is 15.2 Å². The predicted molar refractivity (Wildman–Crippen MR) is 89.7 cm³/mol. The number of rotatable bonds is 8. The van der Waals surface area contributed by atoms with Crippen LogP contribution in [0, 0.1) is 0 Å². The molecule has 0 aromatic heterocycles. The van der Waals surface area contributed by atoms with Crippen molar-refractivity contribution < 1.29 is 8.85 Å². The van der Waals surface area contributed by atoms with Crippen LogP contribution >= 0.6 is 34.8 Å². The van der Waals surface area contributed by atoms with Crippen molar-refractivity contribution in [1.82, 2.24) is 0 Å². The minimum absolute atomic E-state index is 0.348. The molecule has 6 heteroatoms. The highest BCUT2D eigenvalue weighted by atomic mass is 35.5. The largest absolute Gasteiger partial charge is 0.520 e. The quantitative estimate of drug-likeness (QED) is 0.308. The molecule has 0 aliphatic carbocycles. The SMILES string of the molecule is CCCCCCO[Si](C)(C)Oc1cc(Cl)c(Cl)c(Cl)c1. The molecule has 0 bridgehead atoms. The van der Waals surface area contributed by atoms with Crippen molar-refractivity contribution in [2.45, 2.75) is 45.7 Å². The molecule has 20 heavy (non-hydrogen) atoms. The maximum atomic E-state index is 5.99. The van der Waals surface area contributed by atoms with E-state index in [1.54, 1.807) is 12.1 Å². The third kappa shape index (κ3) is 6.23. The standard InChI is InChI=1S/C14H21Cl3O2Si/c1-4-5-6-7-8-18-20(2,3)19-11-9-12(15)14(17)13(16)10-11/h9-10H,4-8H2,1-3H3. The second-order valence-electron chi connectivity index (χ2n) is 5.11. The zero-order valence-corrected chi connectivity index (χ0v) is 15.4. The van der Waals surface area contributed by atoms with Crippen LogP contribution in [0.15, 0.2) is 12.1 Å². The van der Waals surface area contributed by atoms with Gasteiger partial charge in [0.25, 0.3) is 0 Å². The van der Waals surface area contributed by atoms with Crippen LogP contribution in [-0.2, 0) is 4.43 Å². The van der Waals surface area contributed by atoms with E-state index in [1.165, 1.54) is 19.3 Å². The number of halogens is 3. The average Bonchev–Trinajstić information content (AvgIpc) is 2.35. The molecular weight excluding hydrogens is 335 g/mol. The van der Waals surface area contributed by atoms with Gasteiger partial charge in [-0.1, -0.05) is 61.0 Å². The van der Waals surface area contributed by atoms with Crippen molar-refractivity contribution in [3.05, 3.63) is 27.2 Å². The number of hydrogen-bond donors (Lipinski definition) is 0. The maximum absolute atomic E-state index is 5.99. The van der Waals surface area contributed by atoms with Crippen LogP contribution in [0.3, 0.4) is 0 Å². The van der Waals surface area contributed by atoms with Gasteiger partial charge in [-0.2, -0.15) is 0 Å². The molecule has 0 aliphatic rings. The second-order valence-corrected chi connectivity index (χ2v) is 9.60. The molecule has 0 aliphatic heterocycles. The zero-order chi connectivity index (χ0) is 15.2. The first-order valence-corrected chi connectivity index (χ1v) is 10.8. The summed E-state index contributed by atoms with van der Waals surface area (Å²) in [5.74, 6) is 0.606. The lowest BCUT2D eigenvalue weighted by Gasteiger charge is -2.24. The van der Waals surface area contributed by atoms with E-state index in [0.29, 0.717) is 20.8 Å². The number of benzene rings is 1. The molecule has 1 aromatic carbocycles. The van der Waals surface area contributed by atoms with Crippen LogP contribution in [0.2, 0.25) is 28.2 Å². The molecule has 0 heterocycles. The molecule has 0 spiro atoms. The molecule has 0 radical (unpaired) electrons. The van der Waals surface area contributed by atoms with Crippen LogP contribution < -0.4 is 4.43 Å². The van der Waals surface area contributed by atoms with Gasteiger partial charge in [0.2, 0.25) is 0 Å². The fourth-order valence-corrected chi connectivity index (χ4v) is 3.71. The van der Waals surface area contributed by atoms with Gasteiger partial charge in [-0.05, 0) is 31.6 Å². The third-order valence-corrected chi connectivity index (χ3v) is 5.59. The highest BCUT2D eigenvalue weighted by Crippen LogP contribution is 2.35. The molecule has 0 saturated heterocycles. The molecule has 0 amide bonds. The van der Waals surface area contributed by atoms with Crippen LogP contribution in [0.4, 0.5) is 0 Å². The van der Waals surface area contributed by atoms with Crippen molar-refractivity contribution in [3.63, 3.8) is 0 Å². The second kappa shape index (κ2) is 8.50. The summed E-state index contributed by atoms with van der Waals surface area (Å²) < 4.78 is 11.8. The Labute approximate surface area is 137 Å². The van der Waals surface area contributed by atoms with E-state index in [-0.39, 0.29) is 0 Å². The topological polar surface area (TPSA) is 18.5 Å². The van der Waals surface area contributed by atoms with Gasteiger partial charge in [0.1, 0.15) is 5.75 Å². The van der Waals surface area contributed by atoms with Crippen molar-refractivity contribution in [3.8, 4) is 5.75 Å². The van der Waals surface area contributed by atoms with Gasteiger partial charge in [-0.15, -0.1) is 0 Å². The highest BCUT2D eigenvalue weighted by Gasteiger charge is 2.27. The van der Waals surface area contributed by atoms with Gasteiger partial charge in [0, 0.05) is 6.61 Å². The van der Waals surface area contributed by atoms with E-state index in [0.717, 1.165) is 13.0 Å². The number of hydrogen-bond acceptors (Lipinski definition) is 2.